The molecule has 0 aliphatic carbocycles. The third-order valence-electron chi connectivity index (χ3n) is 3.54. The predicted octanol–water partition coefficient (Wildman–Crippen LogP) is 2.94. The molecular formula is C12H22N2. The molecule has 1 rings (SSSR count). The van der Waals surface area contributed by atoms with Crippen LogP contribution in [-0.4, -0.2) is 23.0 Å². The van der Waals surface area contributed by atoms with E-state index in [1.807, 2.05) is 0 Å². The van der Waals surface area contributed by atoms with Crippen LogP contribution in [0.4, 0.5) is 0 Å². The van der Waals surface area contributed by atoms with Crippen molar-refractivity contribution >= 4 is 0 Å². The minimum absolute atomic E-state index is 0.488. The summed E-state index contributed by atoms with van der Waals surface area (Å²) in [6, 6.07) is 4.21. The Hall–Kier alpha value is -0.550. The molecule has 1 aliphatic heterocycles. The lowest BCUT2D eigenvalue weighted by Crippen LogP contribution is -2.42. The Labute approximate surface area is 87.9 Å². The summed E-state index contributed by atoms with van der Waals surface area (Å²) in [7, 11) is 0. The van der Waals surface area contributed by atoms with Gasteiger partial charge in [0.2, 0.25) is 0 Å². The minimum Gasteiger partial charge on any atom is -0.294 e. The van der Waals surface area contributed by atoms with Gasteiger partial charge in [-0.15, -0.1) is 0 Å². The van der Waals surface area contributed by atoms with Crippen LogP contribution in [0.25, 0.3) is 0 Å². The van der Waals surface area contributed by atoms with Gasteiger partial charge in [-0.2, -0.15) is 5.26 Å². The Morgan fingerprint density at radius 1 is 1.43 bits per heavy atom. The molecule has 0 N–H and O–H groups in total. The quantitative estimate of drug-likeness (QED) is 0.688. The zero-order valence-electron chi connectivity index (χ0n) is 9.66. The SMILES string of the molecule is CCC(CC#N)N1C(C)CCC1CC. The zero-order valence-corrected chi connectivity index (χ0v) is 9.66. The summed E-state index contributed by atoms with van der Waals surface area (Å²) in [5.74, 6) is 0. The van der Waals surface area contributed by atoms with Gasteiger partial charge in [-0.25, -0.2) is 0 Å². The molecule has 80 valence electrons. The fraction of sp³-hybridized carbons (Fsp3) is 0.917. The highest BCUT2D eigenvalue weighted by atomic mass is 15.2. The Kier molecular flexibility index (Phi) is 4.41. The van der Waals surface area contributed by atoms with Crippen molar-refractivity contribution in [3.63, 3.8) is 0 Å². The Balaban J connectivity index is 2.65. The third-order valence-corrected chi connectivity index (χ3v) is 3.54. The van der Waals surface area contributed by atoms with Crippen molar-refractivity contribution in [1.82, 2.24) is 4.90 Å². The monoisotopic (exact) mass is 194 g/mol. The largest absolute Gasteiger partial charge is 0.294 e. The van der Waals surface area contributed by atoms with Crippen molar-refractivity contribution in [2.75, 3.05) is 0 Å². The van der Waals surface area contributed by atoms with E-state index in [0.29, 0.717) is 18.5 Å². The lowest BCUT2D eigenvalue weighted by atomic mass is 10.1. The van der Waals surface area contributed by atoms with Gasteiger partial charge in [0, 0.05) is 18.1 Å². The van der Waals surface area contributed by atoms with Crippen LogP contribution in [-0.2, 0) is 0 Å². The molecule has 3 unspecified atom stereocenters. The number of rotatable bonds is 4. The minimum atomic E-state index is 0.488. The molecule has 1 heterocycles. The first-order valence-corrected chi connectivity index (χ1v) is 5.88. The van der Waals surface area contributed by atoms with E-state index in [1.165, 1.54) is 19.3 Å². The van der Waals surface area contributed by atoms with Gasteiger partial charge in [-0.05, 0) is 32.6 Å². The molecule has 14 heavy (non-hydrogen) atoms. The summed E-state index contributed by atoms with van der Waals surface area (Å²) >= 11 is 0. The fourth-order valence-electron chi connectivity index (χ4n) is 2.73. The van der Waals surface area contributed by atoms with Crippen molar-refractivity contribution in [1.29, 1.82) is 5.26 Å². The van der Waals surface area contributed by atoms with E-state index >= 15 is 0 Å². The van der Waals surface area contributed by atoms with Crippen LogP contribution in [0.2, 0.25) is 0 Å². The van der Waals surface area contributed by atoms with Crippen molar-refractivity contribution in [3.05, 3.63) is 0 Å². The molecule has 1 saturated heterocycles. The molecule has 0 aromatic heterocycles. The first kappa shape index (κ1) is 11.5. The second-order valence-electron chi connectivity index (χ2n) is 4.36. The van der Waals surface area contributed by atoms with E-state index in [1.54, 1.807) is 0 Å². The molecule has 2 nitrogen and oxygen atoms in total. The van der Waals surface area contributed by atoms with Crippen LogP contribution < -0.4 is 0 Å². The summed E-state index contributed by atoms with van der Waals surface area (Å²) in [5.41, 5.74) is 0. The van der Waals surface area contributed by atoms with Gasteiger partial charge in [0.15, 0.2) is 0 Å². The second kappa shape index (κ2) is 5.36. The average Bonchev–Trinajstić information content (AvgIpc) is 2.56. The molecular weight excluding hydrogens is 172 g/mol. The van der Waals surface area contributed by atoms with Gasteiger partial charge in [-0.3, -0.25) is 4.90 Å². The van der Waals surface area contributed by atoms with E-state index in [9.17, 15) is 0 Å². The molecule has 3 atom stereocenters. The van der Waals surface area contributed by atoms with Gasteiger partial charge < -0.3 is 0 Å². The first-order valence-electron chi connectivity index (χ1n) is 5.88. The zero-order chi connectivity index (χ0) is 10.6. The highest BCUT2D eigenvalue weighted by molar-refractivity contribution is 4.92. The van der Waals surface area contributed by atoms with Crippen LogP contribution in [0.15, 0.2) is 0 Å². The third kappa shape index (κ3) is 2.27. The summed E-state index contributed by atoms with van der Waals surface area (Å²) in [5, 5.41) is 8.80. The van der Waals surface area contributed by atoms with Crippen LogP contribution in [0.3, 0.4) is 0 Å². The van der Waals surface area contributed by atoms with E-state index in [2.05, 4.69) is 31.7 Å². The van der Waals surface area contributed by atoms with Crippen molar-refractivity contribution in [3.8, 4) is 6.07 Å². The Morgan fingerprint density at radius 3 is 2.64 bits per heavy atom. The number of nitriles is 1. The highest BCUT2D eigenvalue weighted by Gasteiger charge is 2.33. The lowest BCUT2D eigenvalue weighted by Gasteiger charge is -2.34. The molecule has 2 heteroatoms. The van der Waals surface area contributed by atoms with Crippen LogP contribution in [0.1, 0.15) is 52.9 Å². The molecule has 0 saturated carbocycles. The Morgan fingerprint density at radius 2 is 2.14 bits per heavy atom. The summed E-state index contributed by atoms with van der Waals surface area (Å²) in [6.07, 6.45) is 5.65. The van der Waals surface area contributed by atoms with E-state index in [0.717, 1.165) is 12.5 Å². The number of nitrogens with zero attached hydrogens (tertiary/aromatic N) is 2. The number of likely N-dealkylation sites (tertiary alicyclic amines) is 1. The van der Waals surface area contributed by atoms with Crippen LogP contribution in [0.5, 0.6) is 0 Å². The molecule has 0 aromatic carbocycles. The van der Waals surface area contributed by atoms with Crippen LogP contribution in [0, 0.1) is 11.3 Å². The molecule has 0 bridgehead atoms. The fourth-order valence-corrected chi connectivity index (χ4v) is 2.73. The molecule has 0 spiro atoms. The van der Waals surface area contributed by atoms with Gasteiger partial charge in [0.25, 0.3) is 0 Å². The molecule has 1 aliphatic rings. The Bertz CT molecular complexity index is 207. The van der Waals surface area contributed by atoms with Gasteiger partial charge in [-0.1, -0.05) is 13.8 Å². The topological polar surface area (TPSA) is 27.0 Å². The maximum Gasteiger partial charge on any atom is 0.0638 e. The maximum absolute atomic E-state index is 8.80. The van der Waals surface area contributed by atoms with Crippen LogP contribution >= 0.6 is 0 Å². The molecule has 0 radical (unpaired) electrons. The number of hydrogen-bond acceptors (Lipinski definition) is 2. The van der Waals surface area contributed by atoms with Crippen molar-refractivity contribution in [2.45, 2.75) is 71.0 Å². The standard InChI is InChI=1S/C12H22N2/c1-4-11-7-6-10(3)14(11)12(5-2)8-9-13/h10-12H,4-8H2,1-3H3. The van der Waals surface area contributed by atoms with Gasteiger partial charge >= 0.3 is 0 Å². The molecule has 1 fully saturated rings. The molecule has 0 amide bonds. The van der Waals surface area contributed by atoms with Gasteiger partial charge in [0.1, 0.15) is 0 Å². The smallest absolute Gasteiger partial charge is 0.0638 e. The normalized spacial score (nSPS) is 30.1. The second-order valence-corrected chi connectivity index (χ2v) is 4.36. The van der Waals surface area contributed by atoms with Gasteiger partial charge in [0.05, 0.1) is 12.5 Å². The lowest BCUT2D eigenvalue weighted by molar-refractivity contribution is 0.131. The maximum atomic E-state index is 8.80. The summed E-state index contributed by atoms with van der Waals surface area (Å²) in [6.45, 7) is 6.75. The number of hydrogen-bond donors (Lipinski definition) is 0. The van der Waals surface area contributed by atoms with Crippen molar-refractivity contribution < 1.29 is 0 Å². The van der Waals surface area contributed by atoms with E-state index in [4.69, 9.17) is 5.26 Å². The summed E-state index contributed by atoms with van der Waals surface area (Å²) < 4.78 is 0. The van der Waals surface area contributed by atoms with Crippen molar-refractivity contribution in [2.24, 2.45) is 0 Å². The highest BCUT2D eigenvalue weighted by Crippen LogP contribution is 2.30. The van der Waals surface area contributed by atoms with E-state index in [-0.39, 0.29) is 0 Å². The summed E-state index contributed by atoms with van der Waals surface area (Å²) in [4.78, 5) is 2.59. The predicted molar refractivity (Wildman–Crippen MR) is 58.9 cm³/mol. The van der Waals surface area contributed by atoms with E-state index < -0.39 is 0 Å². The average molecular weight is 194 g/mol. The molecule has 0 aromatic rings. The first-order chi connectivity index (χ1) is 6.74.